The van der Waals surface area contributed by atoms with Crippen LogP contribution in [0.2, 0.25) is 0 Å². The van der Waals surface area contributed by atoms with Crippen LogP contribution in [0, 0.1) is 0 Å². The molecule has 1 unspecified atom stereocenters. The summed E-state index contributed by atoms with van der Waals surface area (Å²) in [7, 11) is 1.73. The summed E-state index contributed by atoms with van der Waals surface area (Å²) in [6, 6.07) is 25.0. The molecule has 3 aromatic carbocycles. The predicted molar refractivity (Wildman–Crippen MR) is 138 cm³/mol. The van der Waals surface area contributed by atoms with Crippen LogP contribution in [0.15, 0.2) is 78.9 Å². The molecule has 6 nitrogen and oxygen atoms in total. The average Bonchev–Trinajstić information content (AvgIpc) is 2.86. The molecule has 0 aliphatic rings. The van der Waals surface area contributed by atoms with E-state index in [4.69, 9.17) is 26.6 Å². The fraction of sp³-hybridized carbons (Fsp3) is 0.333. The second kappa shape index (κ2) is 15.2. The predicted octanol–water partition coefficient (Wildman–Crippen LogP) is 4.55. The molecule has 7 heteroatoms. The van der Waals surface area contributed by atoms with Gasteiger partial charge in [-0.05, 0) is 49.4 Å². The molecular formula is C27H35ClN2O4. The van der Waals surface area contributed by atoms with Gasteiger partial charge >= 0.3 is 0 Å². The maximum absolute atomic E-state index is 9.48. The molecule has 0 aliphatic carbocycles. The van der Waals surface area contributed by atoms with Crippen LogP contribution < -0.4 is 10.1 Å². The number of hydrogen-bond acceptors (Lipinski definition) is 6. The molecule has 2 atom stereocenters. The zero-order valence-corrected chi connectivity index (χ0v) is 20.5. The lowest BCUT2D eigenvalue weighted by Crippen LogP contribution is -2.38. The van der Waals surface area contributed by atoms with Crippen LogP contribution >= 0.6 is 11.6 Å². The van der Waals surface area contributed by atoms with Gasteiger partial charge in [-0.25, -0.2) is 0 Å². The number of alkyl halides is 1. The van der Waals surface area contributed by atoms with Gasteiger partial charge in [0.15, 0.2) is 11.5 Å². The molecule has 0 spiro atoms. The molecule has 0 aliphatic heterocycles. The van der Waals surface area contributed by atoms with E-state index in [1.807, 2.05) is 36.4 Å². The number of benzene rings is 3. The molecule has 0 saturated carbocycles. The lowest BCUT2D eigenvalue weighted by atomic mass is 10.1. The summed E-state index contributed by atoms with van der Waals surface area (Å²) in [5.41, 5.74) is 1.87. The zero-order valence-electron chi connectivity index (χ0n) is 19.8. The highest BCUT2D eigenvalue weighted by atomic mass is 35.5. The number of ether oxygens (including phenoxy) is 1. The Labute approximate surface area is 207 Å². The topological polar surface area (TPSA) is 85.2 Å². The van der Waals surface area contributed by atoms with E-state index in [-0.39, 0.29) is 11.5 Å². The van der Waals surface area contributed by atoms with Crippen molar-refractivity contribution in [1.29, 1.82) is 0 Å². The van der Waals surface area contributed by atoms with E-state index in [1.54, 1.807) is 13.1 Å². The number of aromatic hydroxyl groups is 2. The van der Waals surface area contributed by atoms with Crippen molar-refractivity contribution in [2.75, 3.05) is 32.6 Å². The van der Waals surface area contributed by atoms with Crippen molar-refractivity contribution in [2.24, 2.45) is 0 Å². The minimum Gasteiger partial charge on any atom is -0.504 e. The number of rotatable bonds is 11. The van der Waals surface area contributed by atoms with E-state index in [0.29, 0.717) is 30.6 Å². The van der Waals surface area contributed by atoms with Gasteiger partial charge in [-0.1, -0.05) is 54.6 Å². The Bertz CT molecular complexity index is 944. The number of nitrogens with zero attached hydrogens (tertiary/aromatic N) is 1. The third-order valence-corrected chi connectivity index (χ3v) is 5.41. The third-order valence-electron chi connectivity index (χ3n) is 5.24. The Kier molecular flexibility index (Phi) is 12.3. The van der Waals surface area contributed by atoms with Crippen LogP contribution in [0.1, 0.15) is 24.2 Å². The Balaban J connectivity index is 0.000000270. The number of aliphatic hydroxyl groups excluding tert-OH is 1. The minimum absolute atomic E-state index is 0.180. The molecule has 0 radical (unpaired) electrons. The summed E-state index contributed by atoms with van der Waals surface area (Å²) in [5, 5.41) is 30.4. The maximum atomic E-state index is 9.48. The maximum Gasteiger partial charge on any atom is 0.157 e. The zero-order chi connectivity index (χ0) is 24.8. The van der Waals surface area contributed by atoms with E-state index < -0.39 is 6.10 Å². The molecule has 3 rings (SSSR count). The molecule has 184 valence electrons. The van der Waals surface area contributed by atoms with Crippen LogP contribution in [0.25, 0.3) is 0 Å². The lowest BCUT2D eigenvalue weighted by molar-refractivity contribution is 0.146. The molecule has 0 saturated heterocycles. The smallest absolute Gasteiger partial charge is 0.157 e. The SMILES string of the molecule is CC(COc1ccccc1)N(CCCl)Cc1ccccc1.CNC[C@H](O)c1ccc(O)c(O)c1. The van der Waals surface area contributed by atoms with E-state index in [0.717, 1.165) is 18.8 Å². The summed E-state index contributed by atoms with van der Waals surface area (Å²) in [4.78, 5) is 2.35. The highest BCUT2D eigenvalue weighted by Gasteiger charge is 2.14. The van der Waals surface area contributed by atoms with Crippen LogP contribution in [0.4, 0.5) is 0 Å². The Morgan fingerprint density at radius 3 is 2.18 bits per heavy atom. The molecule has 0 heterocycles. The van der Waals surface area contributed by atoms with Crippen molar-refractivity contribution in [3.63, 3.8) is 0 Å². The first-order valence-electron chi connectivity index (χ1n) is 11.3. The van der Waals surface area contributed by atoms with Crippen molar-refractivity contribution >= 4 is 11.6 Å². The molecule has 0 amide bonds. The number of phenols is 2. The van der Waals surface area contributed by atoms with Gasteiger partial charge in [0.1, 0.15) is 12.4 Å². The van der Waals surface area contributed by atoms with Crippen molar-refractivity contribution in [3.8, 4) is 17.2 Å². The fourth-order valence-corrected chi connectivity index (χ4v) is 3.50. The normalized spacial score (nSPS) is 12.5. The quantitative estimate of drug-likeness (QED) is 0.235. The van der Waals surface area contributed by atoms with Crippen LogP contribution in [-0.2, 0) is 6.54 Å². The Hall–Kier alpha value is -2.77. The van der Waals surface area contributed by atoms with E-state index in [1.165, 1.54) is 17.7 Å². The number of likely N-dealkylation sites (N-methyl/N-ethyl adjacent to an activating group) is 1. The number of nitrogens with one attached hydrogen (secondary N) is 1. The fourth-order valence-electron chi connectivity index (χ4n) is 3.28. The Morgan fingerprint density at radius 2 is 1.59 bits per heavy atom. The summed E-state index contributed by atoms with van der Waals surface area (Å²) in [5.74, 6) is 1.14. The number of halogens is 1. The molecule has 3 aromatic rings. The highest BCUT2D eigenvalue weighted by Crippen LogP contribution is 2.27. The average molecular weight is 487 g/mol. The van der Waals surface area contributed by atoms with Gasteiger partial charge in [-0.15, -0.1) is 11.6 Å². The number of hydrogen-bond donors (Lipinski definition) is 4. The lowest BCUT2D eigenvalue weighted by Gasteiger charge is -2.28. The molecular weight excluding hydrogens is 452 g/mol. The van der Waals surface area contributed by atoms with Crippen molar-refractivity contribution in [2.45, 2.75) is 25.6 Å². The summed E-state index contributed by atoms with van der Waals surface area (Å²) in [6.45, 7) is 5.00. The minimum atomic E-state index is -0.670. The summed E-state index contributed by atoms with van der Waals surface area (Å²) in [6.07, 6.45) is -0.670. The van der Waals surface area contributed by atoms with E-state index in [9.17, 15) is 5.11 Å². The summed E-state index contributed by atoms with van der Waals surface area (Å²) >= 11 is 5.94. The van der Waals surface area contributed by atoms with Gasteiger partial charge in [-0.2, -0.15) is 0 Å². The largest absolute Gasteiger partial charge is 0.504 e. The van der Waals surface area contributed by atoms with Crippen LogP contribution in [0.3, 0.4) is 0 Å². The second-order valence-electron chi connectivity index (χ2n) is 7.94. The standard InChI is InChI=1S/C18H22ClNO.C9H13NO3/c1-16(15-21-18-10-6-3-7-11-18)20(13-12-19)14-17-8-4-2-5-9-17;1-10-5-9(13)6-2-3-7(11)8(12)4-6/h2-11,16H,12-15H2,1H3;2-4,9-13H,5H2,1H3/t;9-/m.0/s1. The van der Waals surface area contributed by atoms with Crippen LogP contribution in [0.5, 0.6) is 17.2 Å². The molecule has 0 bridgehead atoms. The first kappa shape index (κ1) is 27.5. The van der Waals surface area contributed by atoms with Crippen molar-refractivity contribution in [1.82, 2.24) is 10.2 Å². The number of phenolic OH excluding ortho intramolecular Hbond substituents is 2. The first-order valence-corrected chi connectivity index (χ1v) is 11.8. The number of para-hydroxylation sites is 1. The monoisotopic (exact) mass is 486 g/mol. The second-order valence-corrected chi connectivity index (χ2v) is 8.32. The van der Waals surface area contributed by atoms with Gasteiger partial charge in [-0.3, -0.25) is 4.90 Å². The molecule has 0 aromatic heterocycles. The molecule has 4 N–H and O–H groups in total. The van der Waals surface area contributed by atoms with Gasteiger partial charge in [0.25, 0.3) is 0 Å². The summed E-state index contributed by atoms with van der Waals surface area (Å²) < 4.78 is 5.85. The molecule has 34 heavy (non-hydrogen) atoms. The highest BCUT2D eigenvalue weighted by molar-refractivity contribution is 6.18. The van der Waals surface area contributed by atoms with E-state index in [2.05, 4.69) is 41.4 Å². The number of aliphatic hydroxyl groups is 1. The van der Waals surface area contributed by atoms with Gasteiger partial charge in [0.05, 0.1) is 6.10 Å². The van der Waals surface area contributed by atoms with Crippen LogP contribution in [-0.4, -0.2) is 58.9 Å². The third kappa shape index (κ3) is 9.61. The van der Waals surface area contributed by atoms with Crippen molar-refractivity contribution < 1.29 is 20.1 Å². The first-order chi connectivity index (χ1) is 16.4. The Morgan fingerprint density at radius 1 is 0.941 bits per heavy atom. The molecule has 0 fully saturated rings. The van der Waals surface area contributed by atoms with Crippen molar-refractivity contribution in [3.05, 3.63) is 90.0 Å². The van der Waals surface area contributed by atoms with Gasteiger partial charge in [0, 0.05) is 31.6 Å². The van der Waals surface area contributed by atoms with E-state index >= 15 is 0 Å². The van der Waals surface area contributed by atoms with Gasteiger partial charge in [0.2, 0.25) is 0 Å². The van der Waals surface area contributed by atoms with Gasteiger partial charge < -0.3 is 25.4 Å².